The topological polar surface area (TPSA) is 127 Å². The molecular formula is C119H184O10. The van der Waals surface area contributed by atoms with E-state index in [-0.39, 0.29) is 43.3 Å². The van der Waals surface area contributed by atoms with Crippen molar-refractivity contribution in [3.63, 3.8) is 0 Å². The number of methoxy groups -OCH3 is 1. The highest BCUT2D eigenvalue weighted by Gasteiger charge is 2.19. The summed E-state index contributed by atoms with van der Waals surface area (Å²) in [5.74, 6) is 13.0. The molecule has 0 aliphatic rings. The third-order valence-electron chi connectivity index (χ3n) is 19.1. The SMILES string of the molecule is C/C(=C\C(C)(C)C)c1c(C)coc1C.C/C(=C\C(C)(C)C)c1cc(C)c(C)o1.C/C(=C\C(C)(C)C)c1cc(C)oc1C.CCC/C(=C\C(C)(C)C)c1ccco1.CCCC/C(=C\C(C)(C)C)c1ccco1.CCCCCC/C(=C\C(C)(C)C)c1ccco1.COCc1ccc(/C(C)=C/C(C)(C)C)o1.Cc1ccc(CC/C=C/C(C)(C)C)o1.Cc1occc1/C=C/C(C)(C)C. The van der Waals surface area contributed by atoms with E-state index in [2.05, 4.69) is 340 Å². The fourth-order valence-corrected chi connectivity index (χ4v) is 14.0. The minimum Gasteiger partial charge on any atom is -0.469 e. The van der Waals surface area contributed by atoms with Crippen LogP contribution in [0, 0.1) is 104 Å². The third kappa shape index (κ3) is 56.5. The van der Waals surface area contributed by atoms with Gasteiger partial charge in [0.1, 0.15) is 81.5 Å². The van der Waals surface area contributed by atoms with E-state index in [9.17, 15) is 0 Å². The number of allylic oxidation sites excluding steroid dienone is 17. The molecular weight excluding hydrogens is 1590 g/mol. The van der Waals surface area contributed by atoms with Gasteiger partial charge in [-0.25, -0.2) is 0 Å². The molecule has 0 saturated carbocycles. The smallest absolute Gasteiger partial charge is 0.130 e. The maximum Gasteiger partial charge on any atom is 0.130 e. The van der Waals surface area contributed by atoms with Gasteiger partial charge in [-0.2, -0.15) is 0 Å². The van der Waals surface area contributed by atoms with Crippen LogP contribution in [0.2, 0.25) is 0 Å². The third-order valence-corrected chi connectivity index (χ3v) is 19.1. The Hall–Kier alpha value is -8.86. The average Bonchev–Trinajstić information content (AvgIpc) is 1.75. The zero-order chi connectivity index (χ0) is 98.7. The van der Waals surface area contributed by atoms with Crippen LogP contribution in [-0.2, 0) is 17.8 Å². The monoisotopic (exact) mass is 1770 g/mol. The zero-order valence-electron chi connectivity index (χ0n) is 90.0. The predicted octanol–water partition coefficient (Wildman–Crippen LogP) is 39.8. The second-order valence-corrected chi connectivity index (χ2v) is 44.7. The van der Waals surface area contributed by atoms with E-state index < -0.39 is 0 Å². The highest BCUT2D eigenvalue weighted by Crippen LogP contribution is 2.35. The molecule has 0 atom stereocenters. The van der Waals surface area contributed by atoms with Gasteiger partial charge in [0.05, 0.1) is 31.3 Å². The molecule has 0 saturated heterocycles. The van der Waals surface area contributed by atoms with Gasteiger partial charge in [0.15, 0.2) is 0 Å². The lowest BCUT2D eigenvalue weighted by Gasteiger charge is -2.15. The summed E-state index contributed by atoms with van der Waals surface area (Å²) in [4.78, 5) is 0. The molecule has 0 N–H and O–H groups in total. The number of hydrogen-bond donors (Lipinski definition) is 0. The van der Waals surface area contributed by atoms with Gasteiger partial charge in [-0.1, -0.05) is 307 Å². The highest BCUT2D eigenvalue weighted by atomic mass is 16.5. The molecule has 129 heavy (non-hydrogen) atoms. The summed E-state index contributed by atoms with van der Waals surface area (Å²) in [7, 11) is 1.67. The maximum absolute atomic E-state index is 5.65. The molecule has 0 aliphatic heterocycles. The second-order valence-electron chi connectivity index (χ2n) is 44.7. The Kier molecular flexibility index (Phi) is 51.4. The van der Waals surface area contributed by atoms with Crippen molar-refractivity contribution in [3.8, 4) is 0 Å². The van der Waals surface area contributed by atoms with E-state index in [0.717, 1.165) is 113 Å². The van der Waals surface area contributed by atoms with Crippen LogP contribution >= 0.6 is 0 Å². The first-order valence-electron chi connectivity index (χ1n) is 47.7. The van der Waals surface area contributed by atoms with Crippen molar-refractivity contribution in [2.24, 2.45) is 48.7 Å². The molecule has 0 fully saturated rings. The summed E-state index contributed by atoms with van der Waals surface area (Å²) in [6, 6.07) is 26.2. The molecule has 0 aromatic carbocycles. The molecule has 9 aromatic heterocycles. The van der Waals surface area contributed by atoms with Crippen molar-refractivity contribution in [2.75, 3.05) is 7.11 Å². The van der Waals surface area contributed by atoms with E-state index in [4.69, 9.17) is 44.5 Å². The van der Waals surface area contributed by atoms with Crippen LogP contribution in [0.3, 0.4) is 0 Å². The van der Waals surface area contributed by atoms with E-state index in [0.29, 0.717) is 12.0 Å². The summed E-state index contributed by atoms with van der Waals surface area (Å²) >= 11 is 0. The Morgan fingerprint density at radius 3 is 1.15 bits per heavy atom. The van der Waals surface area contributed by atoms with Crippen molar-refractivity contribution >= 4 is 45.1 Å². The van der Waals surface area contributed by atoms with E-state index >= 15 is 0 Å². The van der Waals surface area contributed by atoms with Gasteiger partial charge >= 0.3 is 0 Å². The molecule has 9 heterocycles. The van der Waals surface area contributed by atoms with Gasteiger partial charge in [0.2, 0.25) is 0 Å². The van der Waals surface area contributed by atoms with Crippen molar-refractivity contribution in [1.29, 1.82) is 0 Å². The van der Waals surface area contributed by atoms with E-state index in [1.807, 2.05) is 102 Å². The molecule has 0 spiro atoms. The first-order valence-corrected chi connectivity index (χ1v) is 47.7. The number of unbranched alkanes of at least 4 members (excludes halogenated alkanes) is 4. The summed E-state index contributed by atoms with van der Waals surface area (Å²) in [6.07, 6.45) is 47.8. The minimum absolute atomic E-state index is 0.179. The predicted molar refractivity (Wildman–Crippen MR) is 560 cm³/mol. The molecule has 0 unspecified atom stereocenters. The van der Waals surface area contributed by atoms with Gasteiger partial charge in [0, 0.05) is 30.2 Å². The Labute approximate surface area is 788 Å². The van der Waals surface area contributed by atoms with Crippen molar-refractivity contribution in [2.45, 2.75) is 374 Å². The van der Waals surface area contributed by atoms with Gasteiger partial charge in [0.25, 0.3) is 0 Å². The normalized spacial score (nSPS) is 13.2. The van der Waals surface area contributed by atoms with Gasteiger partial charge < -0.3 is 44.5 Å². The highest BCUT2D eigenvalue weighted by molar-refractivity contribution is 5.69. The second kappa shape index (κ2) is 56.1. The van der Waals surface area contributed by atoms with Gasteiger partial charge in [-0.05, 0) is 299 Å². The molecule has 9 aromatic rings. The fourth-order valence-electron chi connectivity index (χ4n) is 14.0. The van der Waals surface area contributed by atoms with E-state index in [1.165, 1.54) is 105 Å². The van der Waals surface area contributed by atoms with Crippen molar-refractivity contribution < 1.29 is 44.5 Å². The first-order chi connectivity index (χ1) is 59.4. The zero-order valence-corrected chi connectivity index (χ0v) is 90.0. The molecule has 0 bridgehead atoms. The standard InChI is InChI=1S/C16H26O.C14H22O.C13H20O2.5C13H20O.C11H16O/c1-5-6-7-8-10-14(13-16(2,3)4)15-11-9-12-17-15;1-5-6-8-12(11-14(2,3)4)13-9-7-10-15-13;1-10(8-13(2,3)4)12-7-6-11(15-12)9-14-5;1-9(8-13(4,5)6)12-7-10(2)14-11(12)3;1-9(7-13(4,5)6)12-10(2)8-14-11(12)3;1-9-7-12(14-11(9)3)10(2)8-13(4,5)6;1-11-8-9-12(14-11)7-5-6-10-13(2,3)4;1-5-7-11(10-13(2,3)4)12-8-6-9-14-12;1-9-10(6-8-12-9)5-7-11(2,3)4/h9,11-13H,5-8,10H2,1-4H3;7,9-11H,5-6,8H2,1-4H3;6-8H,9H2,1-5H3;3*7-8H,1-6H3;2*6,8-10H,5,7H2,1-4H3;5-8H,1-4H3/b14-13+;12-11+;10-8+;9-8+;9-7+;10-8+;10-6+;11-10+;7-5+. The summed E-state index contributed by atoms with van der Waals surface area (Å²) in [5.41, 5.74) is 17.1. The first kappa shape index (κ1) is 118. The number of ether oxygens (including phenoxy) is 1. The molecule has 10 heteroatoms. The van der Waals surface area contributed by atoms with Crippen LogP contribution in [0.1, 0.15) is 409 Å². The van der Waals surface area contributed by atoms with Crippen LogP contribution in [0.4, 0.5) is 0 Å². The summed E-state index contributed by atoms with van der Waals surface area (Å²) in [6.45, 7) is 91.3. The lowest BCUT2D eigenvalue weighted by atomic mass is 9.91. The number of furan rings is 9. The molecule has 720 valence electrons. The van der Waals surface area contributed by atoms with Crippen LogP contribution in [0.25, 0.3) is 45.1 Å². The number of aryl methyl sites for hydroxylation is 9. The molecule has 10 nitrogen and oxygen atoms in total. The fraction of sp³-hybridized carbons (Fsp3) is 0.546. The molecule has 0 aliphatic carbocycles. The largest absolute Gasteiger partial charge is 0.469 e. The van der Waals surface area contributed by atoms with Gasteiger partial charge in [-0.15, -0.1) is 0 Å². The molecule has 0 radical (unpaired) electrons. The Bertz CT molecular complexity index is 4770. The summed E-state index contributed by atoms with van der Waals surface area (Å²) in [5, 5.41) is 0. The Morgan fingerprint density at radius 2 is 0.783 bits per heavy atom. The van der Waals surface area contributed by atoms with Crippen LogP contribution in [0.5, 0.6) is 0 Å². The lowest BCUT2D eigenvalue weighted by Crippen LogP contribution is -2.01. The van der Waals surface area contributed by atoms with Gasteiger partial charge in [-0.3, -0.25) is 0 Å². The number of hydrogen-bond acceptors (Lipinski definition) is 10. The van der Waals surface area contributed by atoms with Crippen molar-refractivity contribution in [1.82, 2.24) is 0 Å². The van der Waals surface area contributed by atoms with Crippen LogP contribution < -0.4 is 0 Å². The van der Waals surface area contributed by atoms with Crippen molar-refractivity contribution in [3.05, 3.63) is 274 Å². The van der Waals surface area contributed by atoms with E-state index in [1.54, 1.807) is 32.2 Å². The maximum atomic E-state index is 5.65. The average molecular weight is 1770 g/mol. The Balaban J connectivity index is 0.000000726. The Morgan fingerprint density at radius 1 is 0.333 bits per heavy atom. The summed E-state index contributed by atoms with van der Waals surface area (Å²) < 4.78 is 54.3. The quantitative estimate of drug-likeness (QED) is 0.0451. The molecule has 0 amide bonds. The minimum atomic E-state index is 0.179. The lowest BCUT2D eigenvalue weighted by molar-refractivity contribution is 0.164. The van der Waals surface area contributed by atoms with Crippen LogP contribution in [0.15, 0.2) is 211 Å². The number of rotatable bonds is 23. The molecule has 9 rings (SSSR count). The van der Waals surface area contributed by atoms with Crippen LogP contribution in [-0.4, -0.2) is 7.11 Å².